The molecule has 0 saturated heterocycles. The van der Waals surface area contributed by atoms with Crippen LogP contribution in [0.3, 0.4) is 0 Å². The van der Waals surface area contributed by atoms with Gasteiger partial charge in [-0.1, -0.05) is 29.4 Å². The van der Waals surface area contributed by atoms with Gasteiger partial charge in [0.1, 0.15) is 6.04 Å². The number of benzene rings is 1. The Morgan fingerprint density at radius 2 is 2.05 bits per heavy atom. The average Bonchev–Trinajstić information content (AvgIpc) is 2.43. The summed E-state index contributed by atoms with van der Waals surface area (Å²) < 4.78 is 0. The first-order valence-electron chi connectivity index (χ1n) is 5.86. The van der Waals surface area contributed by atoms with Gasteiger partial charge >= 0.3 is 0 Å². The van der Waals surface area contributed by atoms with Crippen molar-refractivity contribution in [3.05, 3.63) is 40.3 Å². The number of carbonyl (C=O) groups excluding carboxylic acids is 2. The van der Waals surface area contributed by atoms with Gasteiger partial charge in [-0.3, -0.25) is 9.59 Å². The van der Waals surface area contributed by atoms with E-state index in [2.05, 4.69) is 20.7 Å². The molecule has 0 aliphatic heterocycles. The predicted molar refractivity (Wildman–Crippen MR) is 71.8 cm³/mol. The molecule has 1 rings (SSSR count). The molecule has 0 spiro atoms. The number of aliphatic hydroxyl groups is 1. The maximum absolute atomic E-state index is 11.7. The van der Waals surface area contributed by atoms with Crippen molar-refractivity contribution >= 4 is 17.5 Å². The molecule has 1 aromatic rings. The van der Waals surface area contributed by atoms with Gasteiger partial charge in [0.2, 0.25) is 11.8 Å². The van der Waals surface area contributed by atoms with Crippen LogP contribution < -0.4 is 10.6 Å². The first-order valence-corrected chi connectivity index (χ1v) is 5.86. The second kappa shape index (κ2) is 7.78. The fourth-order valence-electron chi connectivity index (χ4n) is 1.48. The number of nitrogens with zero attached hydrogens (tertiary/aromatic N) is 3. The van der Waals surface area contributed by atoms with Crippen molar-refractivity contribution in [2.75, 3.05) is 6.61 Å². The quantitative estimate of drug-likeness (QED) is 0.403. The molecule has 20 heavy (non-hydrogen) atoms. The van der Waals surface area contributed by atoms with E-state index in [4.69, 9.17) is 10.6 Å². The maximum Gasteiger partial charge on any atom is 0.245 e. The number of aliphatic hydroxyl groups excluding tert-OH is 1. The smallest absolute Gasteiger partial charge is 0.245 e. The molecule has 3 N–H and O–H groups in total. The molecule has 0 heterocycles. The predicted octanol–water partition coefficient (Wildman–Crippen LogP) is 0.742. The zero-order valence-corrected chi connectivity index (χ0v) is 10.9. The zero-order chi connectivity index (χ0) is 15.0. The summed E-state index contributed by atoms with van der Waals surface area (Å²) in [5, 5.41) is 17.4. The van der Waals surface area contributed by atoms with E-state index in [-0.39, 0.29) is 6.54 Å². The van der Waals surface area contributed by atoms with Crippen LogP contribution >= 0.6 is 0 Å². The van der Waals surface area contributed by atoms with Gasteiger partial charge in [0.25, 0.3) is 0 Å². The summed E-state index contributed by atoms with van der Waals surface area (Å²) in [5.74, 6) is -0.861. The Balaban J connectivity index is 2.55. The Hall–Kier alpha value is -2.57. The van der Waals surface area contributed by atoms with E-state index in [0.717, 1.165) is 5.56 Å². The lowest BCUT2D eigenvalue weighted by atomic mass is 10.2. The largest absolute Gasteiger partial charge is 0.394 e. The zero-order valence-electron chi connectivity index (χ0n) is 10.9. The lowest BCUT2D eigenvalue weighted by Gasteiger charge is -2.15. The van der Waals surface area contributed by atoms with E-state index >= 15 is 0 Å². The number of hydrogen-bond donors (Lipinski definition) is 3. The summed E-state index contributed by atoms with van der Waals surface area (Å²) in [4.78, 5) is 25.2. The van der Waals surface area contributed by atoms with E-state index in [9.17, 15) is 9.59 Å². The lowest BCUT2D eigenvalue weighted by molar-refractivity contribution is -0.129. The Labute approximate surface area is 115 Å². The van der Waals surface area contributed by atoms with E-state index in [1.807, 2.05) is 0 Å². The molecule has 0 aliphatic carbocycles. The van der Waals surface area contributed by atoms with Crippen LogP contribution in [-0.4, -0.2) is 29.6 Å². The van der Waals surface area contributed by atoms with Crippen molar-refractivity contribution in [1.29, 1.82) is 0 Å². The van der Waals surface area contributed by atoms with Gasteiger partial charge in [-0.25, -0.2) is 0 Å². The van der Waals surface area contributed by atoms with Gasteiger partial charge < -0.3 is 15.7 Å². The van der Waals surface area contributed by atoms with Crippen molar-refractivity contribution < 1.29 is 14.7 Å². The number of hydrogen-bond acceptors (Lipinski definition) is 4. The third-order valence-corrected chi connectivity index (χ3v) is 2.44. The second-order valence-electron chi connectivity index (χ2n) is 4.01. The molecule has 0 bridgehead atoms. The maximum atomic E-state index is 11.7. The average molecular weight is 277 g/mol. The lowest BCUT2D eigenvalue weighted by Crippen LogP contribution is -2.48. The number of rotatable bonds is 6. The highest BCUT2D eigenvalue weighted by Crippen LogP contribution is 2.12. The second-order valence-corrected chi connectivity index (χ2v) is 4.01. The molecule has 0 aliphatic rings. The fraction of sp³-hybridized carbons (Fsp3) is 0.333. The number of azide groups is 1. The molecule has 8 nitrogen and oxygen atoms in total. The third kappa shape index (κ3) is 4.97. The van der Waals surface area contributed by atoms with E-state index in [0.29, 0.717) is 5.69 Å². The van der Waals surface area contributed by atoms with E-state index in [1.165, 1.54) is 6.92 Å². The Morgan fingerprint density at radius 3 is 2.55 bits per heavy atom. The van der Waals surface area contributed by atoms with Crippen molar-refractivity contribution in [3.63, 3.8) is 0 Å². The molecule has 1 atom stereocenters. The minimum Gasteiger partial charge on any atom is -0.394 e. The molecule has 106 valence electrons. The molecular formula is C12H15N5O3. The van der Waals surface area contributed by atoms with E-state index in [1.54, 1.807) is 24.3 Å². The van der Waals surface area contributed by atoms with Crippen molar-refractivity contribution in [3.8, 4) is 0 Å². The first kappa shape index (κ1) is 15.5. The molecule has 1 aromatic carbocycles. The molecule has 2 amide bonds. The number of nitrogens with one attached hydrogen (secondary N) is 2. The van der Waals surface area contributed by atoms with Gasteiger partial charge in [0, 0.05) is 24.1 Å². The van der Waals surface area contributed by atoms with Crippen LogP contribution in [0.4, 0.5) is 5.69 Å². The normalized spacial score (nSPS) is 11.1. The van der Waals surface area contributed by atoms with Crippen molar-refractivity contribution in [2.24, 2.45) is 5.11 Å². The molecular weight excluding hydrogens is 262 g/mol. The van der Waals surface area contributed by atoms with Crippen LogP contribution in [0.1, 0.15) is 12.5 Å². The Bertz CT molecular complexity index is 522. The fourth-order valence-corrected chi connectivity index (χ4v) is 1.48. The van der Waals surface area contributed by atoms with Crippen LogP contribution in [0.15, 0.2) is 29.4 Å². The minimum absolute atomic E-state index is 0.242. The standard InChI is InChI=1S/C12H15N5O3/c1-8(19)15-11(7-18)12(20)14-6-9-2-4-10(5-3-9)16-17-13/h2-5,11,18H,6-7H2,1H3,(H,14,20)(H,15,19)/t11-/m0/s1. The van der Waals surface area contributed by atoms with Crippen LogP contribution in [0.2, 0.25) is 0 Å². The molecule has 0 radical (unpaired) electrons. The molecule has 8 heteroatoms. The van der Waals surface area contributed by atoms with Gasteiger partial charge in [0.05, 0.1) is 6.61 Å². The molecule has 0 fully saturated rings. The summed E-state index contributed by atoms with van der Waals surface area (Å²) in [6, 6.07) is 5.69. The SMILES string of the molecule is CC(=O)N[C@@H](CO)C(=O)NCc1ccc(N=[N+]=[N-])cc1. The summed E-state index contributed by atoms with van der Waals surface area (Å²) in [5.41, 5.74) is 9.55. The summed E-state index contributed by atoms with van der Waals surface area (Å²) in [6.07, 6.45) is 0. The monoisotopic (exact) mass is 277 g/mol. The third-order valence-electron chi connectivity index (χ3n) is 2.44. The topological polar surface area (TPSA) is 127 Å². The van der Waals surface area contributed by atoms with Crippen LogP contribution in [-0.2, 0) is 16.1 Å². The van der Waals surface area contributed by atoms with Gasteiger partial charge in [-0.15, -0.1) is 0 Å². The van der Waals surface area contributed by atoms with Crippen LogP contribution in [0, 0.1) is 0 Å². The number of carbonyl (C=O) groups is 2. The Kier molecular flexibility index (Phi) is 6.02. The van der Waals surface area contributed by atoms with Crippen molar-refractivity contribution in [2.45, 2.75) is 19.5 Å². The van der Waals surface area contributed by atoms with Gasteiger partial charge in [-0.05, 0) is 11.1 Å². The Morgan fingerprint density at radius 1 is 1.40 bits per heavy atom. The highest BCUT2D eigenvalue weighted by Gasteiger charge is 2.17. The van der Waals surface area contributed by atoms with Gasteiger partial charge in [0.15, 0.2) is 0 Å². The summed E-state index contributed by atoms with van der Waals surface area (Å²) in [7, 11) is 0. The van der Waals surface area contributed by atoms with Gasteiger partial charge in [-0.2, -0.15) is 0 Å². The van der Waals surface area contributed by atoms with Crippen molar-refractivity contribution in [1.82, 2.24) is 10.6 Å². The summed E-state index contributed by atoms with van der Waals surface area (Å²) >= 11 is 0. The first-order chi connectivity index (χ1) is 9.56. The molecule has 0 unspecified atom stereocenters. The highest BCUT2D eigenvalue weighted by molar-refractivity contribution is 5.86. The van der Waals surface area contributed by atoms with Crippen LogP contribution in [0.5, 0.6) is 0 Å². The summed E-state index contributed by atoms with van der Waals surface area (Å²) in [6.45, 7) is 1.04. The minimum atomic E-state index is -0.963. The molecule has 0 aromatic heterocycles. The van der Waals surface area contributed by atoms with Crippen LogP contribution in [0.25, 0.3) is 10.4 Å². The van der Waals surface area contributed by atoms with E-state index < -0.39 is 24.5 Å². The number of amides is 2. The highest BCUT2D eigenvalue weighted by atomic mass is 16.3. The molecule has 0 saturated carbocycles.